The first-order valence-electron chi connectivity index (χ1n) is 10.2. The number of aryl methyl sites for hydroxylation is 1. The van der Waals surface area contributed by atoms with E-state index in [0.717, 1.165) is 24.8 Å². The summed E-state index contributed by atoms with van der Waals surface area (Å²) in [4.78, 5) is 0. The van der Waals surface area contributed by atoms with Crippen molar-refractivity contribution in [3.05, 3.63) is 65.2 Å². The lowest BCUT2D eigenvalue weighted by molar-refractivity contribution is -0.215. The van der Waals surface area contributed by atoms with Gasteiger partial charge >= 0.3 is 0 Å². The lowest BCUT2D eigenvalue weighted by Crippen LogP contribution is -2.63. The van der Waals surface area contributed by atoms with Crippen molar-refractivity contribution >= 4 is 0 Å². The van der Waals surface area contributed by atoms with Crippen LogP contribution in [0.3, 0.4) is 0 Å². The molecule has 3 N–H and O–H groups in total. The van der Waals surface area contributed by atoms with Crippen LogP contribution in [-0.2, 0) is 17.4 Å². The van der Waals surface area contributed by atoms with Gasteiger partial charge in [0.1, 0.15) is 11.4 Å². The van der Waals surface area contributed by atoms with Crippen molar-refractivity contribution in [2.45, 2.75) is 69.0 Å². The van der Waals surface area contributed by atoms with Crippen LogP contribution in [0.25, 0.3) is 0 Å². The summed E-state index contributed by atoms with van der Waals surface area (Å²) in [7, 11) is 0. The molecular weight excluding hydrogens is 336 g/mol. The van der Waals surface area contributed by atoms with Gasteiger partial charge in [-0.25, -0.2) is 0 Å². The summed E-state index contributed by atoms with van der Waals surface area (Å²) < 4.78 is 0. The number of phenolic OH excluding ortho intramolecular Hbond substituents is 1. The molecule has 4 atom stereocenters. The van der Waals surface area contributed by atoms with E-state index in [0.29, 0.717) is 30.9 Å². The molecule has 0 aromatic heterocycles. The van der Waals surface area contributed by atoms with E-state index in [2.05, 4.69) is 6.92 Å². The van der Waals surface area contributed by atoms with Crippen LogP contribution in [0.1, 0.15) is 62.6 Å². The summed E-state index contributed by atoms with van der Waals surface area (Å²) in [6.45, 7) is 4.16. The standard InChI is InChI=1S/C24H30O3/c1-3-22-16-23(26,4-2)24(27,18-8-6-5-7-9-18)15-19(22)11-10-17-14-20(25)12-13-21(17)22/h5-9,12-14,19,25-27H,3-4,10-11,15-16H2,1-2H3/t19-,22?,23?,24?/m1/s1. The molecule has 4 rings (SSSR count). The Morgan fingerprint density at radius 1 is 1.00 bits per heavy atom. The van der Waals surface area contributed by atoms with Crippen LogP contribution in [0.5, 0.6) is 5.75 Å². The van der Waals surface area contributed by atoms with Crippen molar-refractivity contribution < 1.29 is 15.3 Å². The van der Waals surface area contributed by atoms with Crippen LogP contribution >= 0.6 is 0 Å². The molecule has 2 aliphatic carbocycles. The van der Waals surface area contributed by atoms with Gasteiger partial charge in [-0.1, -0.05) is 50.2 Å². The molecule has 2 aromatic rings. The molecule has 1 fully saturated rings. The molecule has 3 nitrogen and oxygen atoms in total. The average Bonchev–Trinajstić information content (AvgIpc) is 2.69. The Morgan fingerprint density at radius 2 is 1.74 bits per heavy atom. The Morgan fingerprint density at radius 3 is 2.41 bits per heavy atom. The van der Waals surface area contributed by atoms with Gasteiger partial charge in [-0.15, -0.1) is 0 Å². The molecule has 27 heavy (non-hydrogen) atoms. The lowest BCUT2D eigenvalue weighted by Gasteiger charge is -2.60. The largest absolute Gasteiger partial charge is 0.508 e. The molecule has 0 heterocycles. The second kappa shape index (κ2) is 6.35. The zero-order valence-corrected chi connectivity index (χ0v) is 16.3. The van der Waals surface area contributed by atoms with Crippen LogP contribution < -0.4 is 0 Å². The Kier molecular flexibility index (Phi) is 4.36. The van der Waals surface area contributed by atoms with Gasteiger partial charge in [-0.3, -0.25) is 0 Å². The van der Waals surface area contributed by atoms with Gasteiger partial charge in [0, 0.05) is 5.41 Å². The zero-order chi connectivity index (χ0) is 19.3. The molecule has 0 bridgehead atoms. The van der Waals surface area contributed by atoms with Gasteiger partial charge in [0.2, 0.25) is 0 Å². The second-order valence-corrected chi connectivity index (χ2v) is 8.58. The maximum atomic E-state index is 11.8. The minimum absolute atomic E-state index is 0.160. The molecular formula is C24H30O3. The van der Waals surface area contributed by atoms with Crippen molar-refractivity contribution in [2.75, 3.05) is 0 Å². The quantitative estimate of drug-likeness (QED) is 0.753. The van der Waals surface area contributed by atoms with Gasteiger partial charge in [0.25, 0.3) is 0 Å². The van der Waals surface area contributed by atoms with E-state index in [9.17, 15) is 15.3 Å². The minimum atomic E-state index is -1.24. The van der Waals surface area contributed by atoms with E-state index in [1.807, 2.05) is 49.4 Å². The Balaban J connectivity index is 1.86. The molecule has 0 radical (unpaired) electrons. The summed E-state index contributed by atoms with van der Waals surface area (Å²) in [5, 5.41) is 33.5. The lowest BCUT2D eigenvalue weighted by atomic mass is 9.48. The van der Waals surface area contributed by atoms with Crippen molar-refractivity contribution in [3.63, 3.8) is 0 Å². The Hall–Kier alpha value is -1.84. The van der Waals surface area contributed by atoms with Gasteiger partial charge in [0.15, 0.2) is 0 Å². The van der Waals surface area contributed by atoms with Crippen molar-refractivity contribution in [1.29, 1.82) is 0 Å². The molecule has 2 aromatic carbocycles. The van der Waals surface area contributed by atoms with Crippen LogP contribution in [0.4, 0.5) is 0 Å². The SMILES string of the molecule is CCC12CC(O)(CC)C(O)(c3ccccc3)C[C@H]1CCc1cc(O)ccc12. The molecule has 1 saturated carbocycles. The number of rotatable bonds is 3. The van der Waals surface area contributed by atoms with Gasteiger partial charge in [0.05, 0.1) is 5.60 Å². The van der Waals surface area contributed by atoms with E-state index in [-0.39, 0.29) is 5.41 Å². The van der Waals surface area contributed by atoms with E-state index in [1.54, 1.807) is 6.07 Å². The third-order valence-corrected chi connectivity index (χ3v) is 7.56. The van der Waals surface area contributed by atoms with Gasteiger partial charge < -0.3 is 15.3 Å². The molecule has 3 unspecified atom stereocenters. The monoisotopic (exact) mass is 366 g/mol. The number of fused-ring (bicyclic) bond motifs is 3. The first kappa shape index (κ1) is 18.5. The molecule has 0 saturated heterocycles. The first-order valence-corrected chi connectivity index (χ1v) is 10.2. The van der Waals surface area contributed by atoms with Crippen molar-refractivity contribution in [3.8, 4) is 5.75 Å². The molecule has 144 valence electrons. The number of aliphatic hydroxyl groups is 2. The predicted molar refractivity (Wildman–Crippen MR) is 107 cm³/mol. The number of aromatic hydroxyl groups is 1. The third-order valence-electron chi connectivity index (χ3n) is 7.56. The highest BCUT2D eigenvalue weighted by Crippen LogP contribution is 2.60. The highest BCUT2D eigenvalue weighted by molar-refractivity contribution is 5.45. The summed E-state index contributed by atoms with van der Waals surface area (Å²) >= 11 is 0. The van der Waals surface area contributed by atoms with Crippen LogP contribution in [0.15, 0.2) is 48.5 Å². The highest BCUT2D eigenvalue weighted by atomic mass is 16.4. The van der Waals surface area contributed by atoms with Crippen molar-refractivity contribution in [1.82, 2.24) is 0 Å². The van der Waals surface area contributed by atoms with Crippen molar-refractivity contribution in [2.24, 2.45) is 5.92 Å². The fourth-order valence-corrected chi connectivity index (χ4v) is 5.97. The Bertz CT molecular complexity index is 833. The molecule has 0 aliphatic heterocycles. The smallest absolute Gasteiger partial charge is 0.118 e. The molecule has 0 amide bonds. The maximum Gasteiger partial charge on any atom is 0.118 e. The second-order valence-electron chi connectivity index (χ2n) is 8.58. The van der Waals surface area contributed by atoms with Gasteiger partial charge in [-0.05, 0) is 73.3 Å². The Labute approximate surface area is 161 Å². The van der Waals surface area contributed by atoms with E-state index in [1.165, 1.54) is 11.1 Å². The first-order chi connectivity index (χ1) is 12.9. The number of hydrogen-bond donors (Lipinski definition) is 3. The number of hydrogen-bond acceptors (Lipinski definition) is 3. The molecule has 2 aliphatic rings. The fourth-order valence-electron chi connectivity index (χ4n) is 5.97. The fraction of sp³-hybridized carbons (Fsp3) is 0.500. The third kappa shape index (κ3) is 2.55. The van der Waals surface area contributed by atoms with E-state index < -0.39 is 11.2 Å². The average molecular weight is 367 g/mol. The highest BCUT2D eigenvalue weighted by Gasteiger charge is 2.61. The number of benzene rings is 2. The van der Waals surface area contributed by atoms with E-state index >= 15 is 0 Å². The predicted octanol–water partition coefficient (Wildman–Crippen LogP) is 4.43. The van der Waals surface area contributed by atoms with E-state index in [4.69, 9.17) is 0 Å². The number of phenols is 1. The normalized spacial score (nSPS) is 35.3. The summed E-state index contributed by atoms with van der Waals surface area (Å²) in [5.41, 5.74) is 0.676. The van der Waals surface area contributed by atoms with Crippen LogP contribution in [-0.4, -0.2) is 20.9 Å². The maximum absolute atomic E-state index is 11.8. The van der Waals surface area contributed by atoms with Gasteiger partial charge in [-0.2, -0.15) is 0 Å². The van der Waals surface area contributed by atoms with Crippen LogP contribution in [0.2, 0.25) is 0 Å². The zero-order valence-electron chi connectivity index (χ0n) is 16.3. The summed E-state index contributed by atoms with van der Waals surface area (Å²) in [6.07, 6.45) is 4.41. The summed E-state index contributed by atoms with van der Waals surface area (Å²) in [5.74, 6) is 0.609. The van der Waals surface area contributed by atoms with Crippen LogP contribution in [0, 0.1) is 5.92 Å². The minimum Gasteiger partial charge on any atom is -0.508 e. The molecule has 0 spiro atoms. The summed E-state index contributed by atoms with van der Waals surface area (Å²) in [6, 6.07) is 15.4. The topological polar surface area (TPSA) is 60.7 Å². The molecule has 3 heteroatoms.